The Kier molecular flexibility index (Phi) is 5.18. The normalized spacial score (nSPS) is 10.1. The smallest absolute Gasteiger partial charge is 0.312 e. The zero-order valence-corrected chi connectivity index (χ0v) is 10.7. The number of anilines is 1. The summed E-state index contributed by atoms with van der Waals surface area (Å²) in [5.74, 6) is 0.337. The average molecular weight is 288 g/mol. The minimum Gasteiger partial charge on any atom is -0.364 e. The van der Waals surface area contributed by atoms with Crippen LogP contribution in [0.25, 0.3) is 0 Å². The van der Waals surface area contributed by atoms with E-state index in [-0.39, 0.29) is 5.69 Å². The van der Waals surface area contributed by atoms with Gasteiger partial charge in [0, 0.05) is 23.3 Å². The molecule has 1 N–H and O–H groups in total. The Hall–Kier alpha value is -1.17. The molecule has 0 saturated heterocycles. The zero-order chi connectivity index (χ0) is 12.0. The van der Waals surface area contributed by atoms with Crippen molar-refractivity contribution in [2.45, 2.75) is 26.2 Å². The molecule has 1 aromatic rings. The van der Waals surface area contributed by atoms with Gasteiger partial charge in [0.1, 0.15) is 0 Å². The van der Waals surface area contributed by atoms with Crippen LogP contribution in [0.1, 0.15) is 26.2 Å². The van der Waals surface area contributed by atoms with Gasteiger partial charge in [0.25, 0.3) is 0 Å². The first-order valence-electron chi connectivity index (χ1n) is 5.19. The molecule has 0 aliphatic rings. The third-order valence-corrected chi connectivity index (χ3v) is 2.54. The number of nitrogens with zero attached hydrogens (tertiary/aromatic N) is 2. The maximum atomic E-state index is 10.8. The van der Waals surface area contributed by atoms with Crippen LogP contribution in [0.2, 0.25) is 0 Å². The van der Waals surface area contributed by atoms with Gasteiger partial charge in [0.05, 0.1) is 4.92 Å². The highest BCUT2D eigenvalue weighted by molar-refractivity contribution is 9.10. The maximum Gasteiger partial charge on any atom is 0.312 e. The van der Waals surface area contributed by atoms with E-state index in [1.165, 1.54) is 6.07 Å². The number of nitrogens with one attached hydrogen (secondary N) is 1. The lowest BCUT2D eigenvalue weighted by Gasteiger charge is -2.05. The summed E-state index contributed by atoms with van der Waals surface area (Å²) >= 11 is 3.16. The van der Waals surface area contributed by atoms with Gasteiger partial charge >= 0.3 is 5.69 Å². The maximum absolute atomic E-state index is 10.8. The minimum absolute atomic E-state index is 0.00544. The number of rotatable bonds is 6. The fourth-order valence-electron chi connectivity index (χ4n) is 1.29. The Labute approximate surface area is 103 Å². The van der Waals surface area contributed by atoms with E-state index in [4.69, 9.17) is 0 Å². The van der Waals surface area contributed by atoms with Crippen molar-refractivity contribution < 1.29 is 4.92 Å². The Bertz CT molecular complexity index is 371. The van der Waals surface area contributed by atoms with Gasteiger partial charge in [0.15, 0.2) is 0 Å². The van der Waals surface area contributed by atoms with E-state index in [1.807, 2.05) is 0 Å². The molecule has 1 heterocycles. The van der Waals surface area contributed by atoms with E-state index in [0.717, 1.165) is 19.3 Å². The highest BCUT2D eigenvalue weighted by Gasteiger charge is 2.14. The average Bonchev–Trinajstić information content (AvgIpc) is 2.26. The predicted octanol–water partition coefficient (Wildman–Crippen LogP) is 3.35. The summed E-state index contributed by atoms with van der Waals surface area (Å²) in [4.78, 5) is 14.3. The molecule has 0 aliphatic heterocycles. The number of pyridine rings is 1. The van der Waals surface area contributed by atoms with Gasteiger partial charge < -0.3 is 5.32 Å². The lowest BCUT2D eigenvalue weighted by molar-refractivity contribution is -0.384. The molecule has 0 fully saturated rings. The first kappa shape index (κ1) is 12.9. The molecule has 16 heavy (non-hydrogen) atoms. The minimum atomic E-state index is -0.431. The van der Waals surface area contributed by atoms with Crippen LogP contribution in [-0.2, 0) is 0 Å². The molecule has 88 valence electrons. The van der Waals surface area contributed by atoms with Crippen LogP contribution in [0.4, 0.5) is 11.5 Å². The van der Waals surface area contributed by atoms with Crippen molar-refractivity contribution in [1.29, 1.82) is 0 Å². The molecular weight excluding hydrogens is 274 g/mol. The highest BCUT2D eigenvalue weighted by atomic mass is 79.9. The Morgan fingerprint density at radius 2 is 2.31 bits per heavy atom. The fraction of sp³-hybridized carbons (Fsp3) is 0.500. The zero-order valence-electron chi connectivity index (χ0n) is 9.07. The van der Waals surface area contributed by atoms with Gasteiger partial charge in [-0.1, -0.05) is 19.8 Å². The first-order chi connectivity index (χ1) is 7.65. The molecule has 0 atom stereocenters. The first-order valence-corrected chi connectivity index (χ1v) is 5.98. The van der Waals surface area contributed by atoms with E-state index in [1.54, 1.807) is 6.20 Å². The molecular formula is C10H14BrN3O2. The Morgan fingerprint density at radius 3 is 2.94 bits per heavy atom. The van der Waals surface area contributed by atoms with Crippen LogP contribution >= 0.6 is 15.9 Å². The molecule has 0 radical (unpaired) electrons. The number of hydrogen-bond donors (Lipinski definition) is 1. The predicted molar refractivity (Wildman–Crippen MR) is 66.6 cm³/mol. The summed E-state index contributed by atoms with van der Waals surface area (Å²) in [6.07, 6.45) is 4.77. The van der Waals surface area contributed by atoms with E-state index < -0.39 is 4.92 Å². The van der Waals surface area contributed by atoms with E-state index in [9.17, 15) is 10.1 Å². The number of hydrogen-bond acceptors (Lipinski definition) is 4. The summed E-state index contributed by atoms with van der Waals surface area (Å²) in [6.45, 7) is 2.82. The molecule has 0 aliphatic carbocycles. The van der Waals surface area contributed by atoms with Crippen LogP contribution in [-0.4, -0.2) is 16.5 Å². The standard InChI is InChI=1S/C10H14BrN3O2/c1-2-3-4-5-12-10-9(14(15)16)6-8(11)7-13-10/h6-7H,2-5H2,1H3,(H,12,13). The summed E-state index contributed by atoms with van der Waals surface area (Å²) < 4.78 is 0.610. The Balaban J connectivity index is 2.67. The van der Waals surface area contributed by atoms with Crippen LogP contribution in [0.3, 0.4) is 0 Å². The molecule has 0 bridgehead atoms. The largest absolute Gasteiger partial charge is 0.364 e. The third kappa shape index (κ3) is 3.77. The van der Waals surface area contributed by atoms with Crippen molar-refractivity contribution in [2.24, 2.45) is 0 Å². The molecule has 1 rings (SSSR count). The van der Waals surface area contributed by atoms with Crippen LogP contribution in [0.15, 0.2) is 16.7 Å². The lowest BCUT2D eigenvalue weighted by Crippen LogP contribution is -2.06. The van der Waals surface area contributed by atoms with Gasteiger partial charge in [0.2, 0.25) is 5.82 Å². The molecule has 1 aromatic heterocycles. The lowest BCUT2D eigenvalue weighted by atomic mass is 10.2. The third-order valence-electron chi connectivity index (χ3n) is 2.10. The molecule has 0 unspecified atom stereocenters. The fourth-order valence-corrected chi connectivity index (χ4v) is 1.60. The molecule has 6 heteroatoms. The highest BCUT2D eigenvalue weighted by Crippen LogP contribution is 2.25. The number of nitro groups is 1. The van der Waals surface area contributed by atoms with Crippen LogP contribution in [0, 0.1) is 10.1 Å². The van der Waals surface area contributed by atoms with Crippen molar-refractivity contribution in [3.8, 4) is 0 Å². The molecule has 0 spiro atoms. The van der Waals surface area contributed by atoms with Crippen molar-refractivity contribution >= 4 is 27.4 Å². The summed E-state index contributed by atoms with van der Waals surface area (Å²) in [5.41, 5.74) is 0.00544. The molecule has 0 amide bonds. The quantitative estimate of drug-likeness (QED) is 0.495. The van der Waals surface area contributed by atoms with Gasteiger partial charge in [-0.3, -0.25) is 10.1 Å². The van der Waals surface area contributed by atoms with Crippen molar-refractivity contribution in [2.75, 3.05) is 11.9 Å². The summed E-state index contributed by atoms with van der Waals surface area (Å²) in [7, 11) is 0. The second kappa shape index (κ2) is 6.42. The van der Waals surface area contributed by atoms with Crippen molar-refractivity contribution in [3.63, 3.8) is 0 Å². The summed E-state index contributed by atoms with van der Waals surface area (Å²) in [6, 6.07) is 1.45. The SMILES string of the molecule is CCCCCNc1ncc(Br)cc1[N+](=O)[O-]. The van der Waals surface area contributed by atoms with Gasteiger partial charge in [-0.15, -0.1) is 0 Å². The number of halogens is 1. The van der Waals surface area contributed by atoms with Crippen molar-refractivity contribution in [3.05, 3.63) is 26.9 Å². The van der Waals surface area contributed by atoms with Crippen LogP contribution in [0.5, 0.6) is 0 Å². The molecule has 0 saturated carbocycles. The molecule has 5 nitrogen and oxygen atoms in total. The van der Waals surface area contributed by atoms with Gasteiger partial charge in [-0.2, -0.15) is 0 Å². The van der Waals surface area contributed by atoms with Gasteiger partial charge in [-0.25, -0.2) is 4.98 Å². The van der Waals surface area contributed by atoms with Gasteiger partial charge in [-0.05, 0) is 22.4 Å². The second-order valence-corrected chi connectivity index (χ2v) is 4.33. The van der Waals surface area contributed by atoms with E-state index >= 15 is 0 Å². The topological polar surface area (TPSA) is 68.1 Å². The van der Waals surface area contributed by atoms with Crippen molar-refractivity contribution in [1.82, 2.24) is 4.98 Å². The monoisotopic (exact) mass is 287 g/mol. The molecule has 0 aromatic carbocycles. The second-order valence-electron chi connectivity index (χ2n) is 3.41. The Morgan fingerprint density at radius 1 is 1.56 bits per heavy atom. The number of aromatic nitrogens is 1. The van der Waals surface area contributed by atoms with Crippen LogP contribution < -0.4 is 5.32 Å². The van der Waals surface area contributed by atoms with E-state index in [2.05, 4.69) is 33.2 Å². The van der Waals surface area contributed by atoms with E-state index in [0.29, 0.717) is 16.8 Å². The summed E-state index contributed by atoms with van der Waals surface area (Å²) in [5, 5.41) is 13.8. The number of unbranched alkanes of at least 4 members (excludes halogenated alkanes) is 2.